The summed E-state index contributed by atoms with van der Waals surface area (Å²) in [5, 5.41) is 2.81. The number of hydrogen-bond acceptors (Lipinski definition) is 4. The summed E-state index contributed by atoms with van der Waals surface area (Å²) in [6.07, 6.45) is 3.65. The summed E-state index contributed by atoms with van der Waals surface area (Å²) >= 11 is 0. The molecule has 2 heterocycles. The van der Waals surface area contributed by atoms with E-state index in [0.29, 0.717) is 31.0 Å². The van der Waals surface area contributed by atoms with Gasteiger partial charge in [-0.2, -0.15) is 0 Å². The molecule has 2 amide bonds. The number of anilines is 1. The van der Waals surface area contributed by atoms with E-state index < -0.39 is 0 Å². The zero-order valence-electron chi connectivity index (χ0n) is 13.1. The van der Waals surface area contributed by atoms with Crippen LogP contribution in [0.25, 0.3) is 0 Å². The number of carbonyl (C=O) groups excluding carboxylic acids is 2. The van der Waals surface area contributed by atoms with Gasteiger partial charge in [-0.1, -0.05) is 6.07 Å². The maximum atomic E-state index is 12.0. The van der Waals surface area contributed by atoms with Gasteiger partial charge >= 0.3 is 0 Å². The quantitative estimate of drug-likeness (QED) is 0.868. The molecule has 2 fully saturated rings. The molecule has 6 heteroatoms. The lowest BCUT2D eigenvalue weighted by molar-refractivity contribution is -0.131. The summed E-state index contributed by atoms with van der Waals surface area (Å²) in [6.45, 7) is 2.11. The Hall–Kier alpha value is -2.08. The maximum Gasteiger partial charge on any atom is 0.243 e. The van der Waals surface area contributed by atoms with Crippen LogP contribution in [0.3, 0.4) is 0 Å². The van der Waals surface area contributed by atoms with E-state index in [0.717, 1.165) is 25.9 Å². The third-order valence-corrected chi connectivity index (χ3v) is 4.08. The Kier molecular flexibility index (Phi) is 5.12. The van der Waals surface area contributed by atoms with Crippen LogP contribution in [0.2, 0.25) is 0 Å². The zero-order chi connectivity index (χ0) is 16.1. The fourth-order valence-corrected chi connectivity index (χ4v) is 2.87. The first kappa shape index (κ1) is 15.8. The lowest BCUT2D eigenvalue weighted by Gasteiger charge is -2.15. The second kappa shape index (κ2) is 7.46. The molecular weight excluding hydrogens is 296 g/mol. The molecule has 1 aromatic carbocycles. The number of hydrogen-bond donors (Lipinski definition) is 1. The molecule has 0 spiro atoms. The van der Waals surface area contributed by atoms with Gasteiger partial charge in [0.05, 0.1) is 12.6 Å². The Morgan fingerprint density at radius 3 is 3.04 bits per heavy atom. The summed E-state index contributed by atoms with van der Waals surface area (Å²) in [5.41, 5.74) is 0.673. The van der Waals surface area contributed by atoms with Crippen LogP contribution in [0.4, 0.5) is 5.69 Å². The standard InChI is InChI=1S/C17H22N2O4/c20-16(11-19-8-2-7-17(19)21)18-13-4-1-5-14(10-13)23-12-15-6-3-9-22-15/h1,4-5,10,15H,2-3,6-9,11-12H2,(H,18,20)/t15-/m0/s1. The molecule has 124 valence electrons. The van der Waals surface area contributed by atoms with Crippen LogP contribution in [0, 0.1) is 0 Å². The Labute approximate surface area is 135 Å². The largest absolute Gasteiger partial charge is 0.491 e. The van der Waals surface area contributed by atoms with Crippen LogP contribution < -0.4 is 10.1 Å². The minimum Gasteiger partial charge on any atom is -0.491 e. The first-order valence-corrected chi connectivity index (χ1v) is 8.13. The third-order valence-electron chi connectivity index (χ3n) is 4.08. The molecule has 0 unspecified atom stereocenters. The molecule has 6 nitrogen and oxygen atoms in total. The van der Waals surface area contributed by atoms with Gasteiger partial charge in [0.1, 0.15) is 12.4 Å². The molecule has 1 aromatic rings. The van der Waals surface area contributed by atoms with Crippen molar-refractivity contribution in [3.63, 3.8) is 0 Å². The molecule has 3 rings (SSSR count). The van der Waals surface area contributed by atoms with Gasteiger partial charge in [0, 0.05) is 31.3 Å². The Bertz CT molecular complexity index is 569. The summed E-state index contributed by atoms with van der Waals surface area (Å²) < 4.78 is 11.2. The number of amides is 2. The topological polar surface area (TPSA) is 67.9 Å². The van der Waals surface area contributed by atoms with E-state index in [1.54, 1.807) is 11.0 Å². The van der Waals surface area contributed by atoms with Gasteiger partial charge in [-0.25, -0.2) is 0 Å². The van der Waals surface area contributed by atoms with Crippen molar-refractivity contribution in [3.8, 4) is 5.75 Å². The van der Waals surface area contributed by atoms with Crippen molar-refractivity contribution in [1.82, 2.24) is 4.90 Å². The Morgan fingerprint density at radius 2 is 2.30 bits per heavy atom. The van der Waals surface area contributed by atoms with E-state index in [2.05, 4.69) is 5.32 Å². The highest BCUT2D eigenvalue weighted by Gasteiger charge is 2.22. The van der Waals surface area contributed by atoms with Crippen LogP contribution in [-0.2, 0) is 14.3 Å². The Balaban J connectivity index is 1.50. The van der Waals surface area contributed by atoms with Crippen LogP contribution >= 0.6 is 0 Å². The number of nitrogens with zero attached hydrogens (tertiary/aromatic N) is 1. The van der Waals surface area contributed by atoms with Crippen molar-refractivity contribution >= 4 is 17.5 Å². The van der Waals surface area contributed by atoms with Crippen molar-refractivity contribution < 1.29 is 19.1 Å². The number of nitrogens with one attached hydrogen (secondary N) is 1. The molecule has 1 N–H and O–H groups in total. The fourth-order valence-electron chi connectivity index (χ4n) is 2.87. The van der Waals surface area contributed by atoms with Crippen LogP contribution in [0.5, 0.6) is 5.75 Å². The number of ether oxygens (including phenoxy) is 2. The SMILES string of the molecule is O=C(CN1CCCC1=O)Nc1cccc(OC[C@@H]2CCCO2)c1. The van der Waals surface area contributed by atoms with Crippen LogP contribution in [0.15, 0.2) is 24.3 Å². The number of rotatable bonds is 6. The van der Waals surface area contributed by atoms with Crippen molar-refractivity contribution in [2.45, 2.75) is 31.8 Å². The van der Waals surface area contributed by atoms with E-state index in [4.69, 9.17) is 9.47 Å². The summed E-state index contributed by atoms with van der Waals surface area (Å²) in [6, 6.07) is 7.29. The predicted molar refractivity (Wildman–Crippen MR) is 85.4 cm³/mol. The molecule has 0 bridgehead atoms. The third kappa shape index (κ3) is 4.45. The summed E-state index contributed by atoms with van der Waals surface area (Å²) in [4.78, 5) is 25.2. The number of carbonyl (C=O) groups is 2. The highest BCUT2D eigenvalue weighted by Crippen LogP contribution is 2.20. The van der Waals surface area contributed by atoms with E-state index in [1.807, 2.05) is 18.2 Å². The molecule has 2 saturated heterocycles. The van der Waals surface area contributed by atoms with Crippen molar-refractivity contribution in [3.05, 3.63) is 24.3 Å². The fraction of sp³-hybridized carbons (Fsp3) is 0.529. The van der Waals surface area contributed by atoms with Gasteiger partial charge in [-0.3, -0.25) is 9.59 Å². The van der Waals surface area contributed by atoms with Gasteiger partial charge in [-0.15, -0.1) is 0 Å². The lowest BCUT2D eigenvalue weighted by atomic mass is 10.2. The zero-order valence-corrected chi connectivity index (χ0v) is 13.1. The van der Waals surface area contributed by atoms with E-state index in [1.165, 1.54) is 0 Å². The molecule has 0 radical (unpaired) electrons. The van der Waals surface area contributed by atoms with E-state index >= 15 is 0 Å². The normalized spacial score (nSPS) is 20.8. The van der Waals surface area contributed by atoms with Gasteiger partial charge in [0.15, 0.2) is 0 Å². The molecule has 2 aliphatic rings. The highest BCUT2D eigenvalue weighted by atomic mass is 16.5. The monoisotopic (exact) mass is 318 g/mol. The molecule has 23 heavy (non-hydrogen) atoms. The van der Waals surface area contributed by atoms with E-state index in [-0.39, 0.29) is 24.5 Å². The van der Waals surface area contributed by atoms with E-state index in [9.17, 15) is 9.59 Å². The van der Waals surface area contributed by atoms with Crippen LogP contribution in [0.1, 0.15) is 25.7 Å². The minimum absolute atomic E-state index is 0.0498. The minimum atomic E-state index is -0.184. The van der Waals surface area contributed by atoms with Gasteiger partial charge < -0.3 is 19.7 Å². The first-order chi connectivity index (χ1) is 11.2. The molecule has 0 aromatic heterocycles. The average Bonchev–Trinajstić information content (AvgIpc) is 3.18. The molecule has 0 aliphatic carbocycles. The van der Waals surface area contributed by atoms with Gasteiger partial charge in [0.25, 0.3) is 0 Å². The van der Waals surface area contributed by atoms with Crippen LogP contribution in [-0.4, -0.2) is 49.1 Å². The second-order valence-electron chi connectivity index (χ2n) is 5.94. The van der Waals surface area contributed by atoms with Crippen molar-refractivity contribution in [2.75, 3.05) is 31.6 Å². The number of likely N-dealkylation sites (tertiary alicyclic amines) is 1. The van der Waals surface area contributed by atoms with Crippen molar-refractivity contribution in [2.24, 2.45) is 0 Å². The first-order valence-electron chi connectivity index (χ1n) is 8.13. The maximum absolute atomic E-state index is 12.0. The van der Waals surface area contributed by atoms with Gasteiger partial charge in [0.2, 0.25) is 11.8 Å². The number of benzene rings is 1. The second-order valence-corrected chi connectivity index (χ2v) is 5.94. The molecule has 0 saturated carbocycles. The average molecular weight is 318 g/mol. The Morgan fingerprint density at radius 1 is 1.39 bits per heavy atom. The smallest absolute Gasteiger partial charge is 0.243 e. The predicted octanol–water partition coefficient (Wildman–Crippen LogP) is 1.81. The summed E-state index contributed by atoms with van der Waals surface area (Å²) in [5.74, 6) is 0.570. The molecule has 2 aliphatic heterocycles. The molecule has 1 atom stereocenters. The summed E-state index contributed by atoms with van der Waals surface area (Å²) in [7, 11) is 0. The van der Waals surface area contributed by atoms with Crippen molar-refractivity contribution in [1.29, 1.82) is 0 Å². The van der Waals surface area contributed by atoms with Gasteiger partial charge in [-0.05, 0) is 31.4 Å². The molecular formula is C17H22N2O4. The highest BCUT2D eigenvalue weighted by molar-refractivity contribution is 5.95. The lowest BCUT2D eigenvalue weighted by Crippen LogP contribution is -2.33.